The number of aryl methyl sites for hydroxylation is 1. The second-order valence-electron chi connectivity index (χ2n) is 4.80. The molecule has 2 aromatic rings. The van der Waals surface area contributed by atoms with Crippen LogP contribution in [0.4, 0.5) is 0 Å². The summed E-state index contributed by atoms with van der Waals surface area (Å²) in [5.74, 6) is 0.850. The molecule has 0 bridgehead atoms. The maximum absolute atomic E-state index is 6.04. The van der Waals surface area contributed by atoms with Crippen LogP contribution in [0, 0.1) is 0 Å². The van der Waals surface area contributed by atoms with Crippen LogP contribution in [0.15, 0.2) is 28.9 Å². The van der Waals surface area contributed by atoms with E-state index in [1.54, 1.807) is 4.68 Å². The summed E-state index contributed by atoms with van der Waals surface area (Å²) in [6.45, 7) is 2.49. The highest BCUT2D eigenvalue weighted by Gasteiger charge is 2.10. The van der Waals surface area contributed by atoms with Gasteiger partial charge in [0.1, 0.15) is 18.1 Å². The van der Waals surface area contributed by atoms with E-state index in [0.717, 1.165) is 34.3 Å². The number of benzene rings is 1. The van der Waals surface area contributed by atoms with Gasteiger partial charge in [-0.2, -0.15) is 0 Å². The summed E-state index contributed by atoms with van der Waals surface area (Å²) in [5, 5.41) is 7.90. The lowest BCUT2D eigenvalue weighted by Gasteiger charge is -2.14. The summed E-state index contributed by atoms with van der Waals surface area (Å²) in [7, 11) is 1.84. The highest BCUT2D eigenvalue weighted by Crippen LogP contribution is 2.25. The molecule has 1 heterocycles. The molecule has 0 fully saturated rings. The van der Waals surface area contributed by atoms with Gasteiger partial charge in [-0.1, -0.05) is 28.1 Å². The number of aromatic nitrogens is 3. The lowest BCUT2D eigenvalue weighted by Crippen LogP contribution is -2.21. The number of halogens is 1. The average molecular weight is 339 g/mol. The van der Waals surface area contributed by atoms with Gasteiger partial charge in [0.2, 0.25) is 0 Å². The number of hydrogen-bond donors (Lipinski definition) is 1. The van der Waals surface area contributed by atoms with E-state index in [4.69, 9.17) is 10.5 Å². The zero-order valence-corrected chi connectivity index (χ0v) is 13.3. The maximum atomic E-state index is 6.04. The Hall–Kier alpha value is -1.40. The van der Waals surface area contributed by atoms with Crippen LogP contribution in [0.3, 0.4) is 0 Å². The zero-order valence-electron chi connectivity index (χ0n) is 11.7. The van der Waals surface area contributed by atoms with Crippen LogP contribution < -0.4 is 10.5 Å². The molecule has 20 heavy (non-hydrogen) atoms. The van der Waals surface area contributed by atoms with E-state index in [0.29, 0.717) is 6.61 Å². The van der Waals surface area contributed by atoms with Crippen LogP contribution >= 0.6 is 15.9 Å². The molecular formula is C14H19BrN4O. The third-order valence-corrected chi connectivity index (χ3v) is 3.55. The summed E-state index contributed by atoms with van der Waals surface area (Å²) >= 11 is 3.49. The van der Waals surface area contributed by atoms with Crippen LogP contribution in [0.1, 0.15) is 24.6 Å². The number of nitrogens with two attached hydrogens (primary N) is 1. The lowest BCUT2D eigenvalue weighted by molar-refractivity contribution is 0.297. The monoisotopic (exact) mass is 338 g/mol. The van der Waals surface area contributed by atoms with Gasteiger partial charge in [-0.3, -0.25) is 4.68 Å². The Morgan fingerprint density at radius 2 is 2.25 bits per heavy atom. The Morgan fingerprint density at radius 1 is 1.45 bits per heavy atom. The Morgan fingerprint density at radius 3 is 2.90 bits per heavy atom. The minimum atomic E-state index is 0.142. The molecule has 1 aromatic carbocycles. The number of nitrogens with zero attached hydrogens (tertiary/aromatic N) is 3. The molecule has 0 amide bonds. The second-order valence-corrected chi connectivity index (χ2v) is 5.71. The van der Waals surface area contributed by atoms with Crippen molar-refractivity contribution in [1.82, 2.24) is 15.0 Å². The lowest BCUT2D eigenvalue weighted by atomic mass is 10.0. The van der Waals surface area contributed by atoms with Gasteiger partial charge < -0.3 is 10.5 Å². The number of rotatable bonds is 6. The molecule has 0 radical (unpaired) electrons. The van der Waals surface area contributed by atoms with Crippen molar-refractivity contribution < 1.29 is 4.74 Å². The molecule has 2 rings (SSSR count). The minimum Gasteiger partial charge on any atom is -0.487 e. The van der Waals surface area contributed by atoms with Gasteiger partial charge in [-0.15, -0.1) is 5.10 Å². The predicted octanol–water partition coefficient (Wildman–Crippen LogP) is 2.44. The summed E-state index contributed by atoms with van der Waals surface area (Å²) in [6.07, 6.45) is 3.58. The SMILES string of the molecule is CCC(N)Cc1cc(Br)ccc1OCc1cn(C)nn1. The average Bonchev–Trinajstić information content (AvgIpc) is 2.83. The highest BCUT2D eigenvalue weighted by atomic mass is 79.9. The number of ether oxygens (including phenoxy) is 1. The summed E-state index contributed by atoms with van der Waals surface area (Å²) < 4.78 is 8.54. The molecule has 0 aliphatic carbocycles. The Labute approximate surface area is 127 Å². The molecule has 2 N–H and O–H groups in total. The predicted molar refractivity (Wildman–Crippen MR) is 81.4 cm³/mol. The molecule has 108 valence electrons. The van der Waals surface area contributed by atoms with Crippen molar-refractivity contribution in [3.63, 3.8) is 0 Å². The van der Waals surface area contributed by atoms with Crippen molar-refractivity contribution in [3.8, 4) is 5.75 Å². The molecule has 0 saturated heterocycles. The Kier molecular flexibility index (Phi) is 5.14. The van der Waals surface area contributed by atoms with Crippen molar-refractivity contribution >= 4 is 15.9 Å². The molecule has 1 aromatic heterocycles. The van der Waals surface area contributed by atoms with Crippen LogP contribution in [0.2, 0.25) is 0 Å². The van der Waals surface area contributed by atoms with Crippen molar-refractivity contribution in [1.29, 1.82) is 0 Å². The first-order chi connectivity index (χ1) is 9.58. The molecular weight excluding hydrogens is 320 g/mol. The van der Waals surface area contributed by atoms with Gasteiger partial charge in [-0.05, 0) is 36.6 Å². The van der Waals surface area contributed by atoms with E-state index in [9.17, 15) is 0 Å². The van der Waals surface area contributed by atoms with E-state index in [1.165, 1.54) is 0 Å². The van der Waals surface area contributed by atoms with Crippen molar-refractivity contribution in [2.75, 3.05) is 0 Å². The summed E-state index contributed by atoms with van der Waals surface area (Å²) in [4.78, 5) is 0. The molecule has 0 spiro atoms. The van der Waals surface area contributed by atoms with Crippen molar-refractivity contribution in [2.24, 2.45) is 12.8 Å². The van der Waals surface area contributed by atoms with Crippen LogP contribution in [0.5, 0.6) is 5.75 Å². The van der Waals surface area contributed by atoms with Crippen LogP contribution in [0.25, 0.3) is 0 Å². The van der Waals surface area contributed by atoms with Gasteiger partial charge in [0, 0.05) is 17.6 Å². The van der Waals surface area contributed by atoms with E-state index in [2.05, 4.69) is 39.2 Å². The third kappa shape index (κ3) is 4.05. The standard InChI is InChI=1S/C14H19BrN4O/c1-3-12(16)7-10-6-11(15)4-5-14(10)20-9-13-8-19(2)18-17-13/h4-6,8,12H,3,7,9,16H2,1-2H3. The first-order valence-electron chi connectivity index (χ1n) is 6.60. The first-order valence-corrected chi connectivity index (χ1v) is 7.39. The zero-order chi connectivity index (χ0) is 14.5. The second kappa shape index (κ2) is 6.85. The smallest absolute Gasteiger partial charge is 0.134 e. The van der Waals surface area contributed by atoms with E-state index < -0.39 is 0 Å². The minimum absolute atomic E-state index is 0.142. The fourth-order valence-corrected chi connectivity index (χ4v) is 2.30. The molecule has 0 aliphatic rings. The number of hydrogen-bond acceptors (Lipinski definition) is 4. The van der Waals surface area contributed by atoms with Gasteiger partial charge in [-0.25, -0.2) is 0 Å². The van der Waals surface area contributed by atoms with E-state index >= 15 is 0 Å². The molecule has 1 unspecified atom stereocenters. The summed E-state index contributed by atoms with van der Waals surface area (Å²) in [6, 6.07) is 6.12. The maximum Gasteiger partial charge on any atom is 0.134 e. The Balaban J connectivity index is 2.09. The molecule has 1 atom stereocenters. The van der Waals surface area contributed by atoms with Crippen molar-refractivity contribution in [2.45, 2.75) is 32.4 Å². The first kappa shape index (κ1) is 15.0. The van der Waals surface area contributed by atoms with Gasteiger partial charge in [0.05, 0.1) is 6.20 Å². The molecule has 0 aliphatic heterocycles. The molecule has 5 nitrogen and oxygen atoms in total. The fourth-order valence-electron chi connectivity index (χ4n) is 1.89. The quantitative estimate of drug-likeness (QED) is 0.878. The highest BCUT2D eigenvalue weighted by molar-refractivity contribution is 9.10. The van der Waals surface area contributed by atoms with Gasteiger partial charge >= 0.3 is 0 Å². The van der Waals surface area contributed by atoms with Crippen LogP contribution in [-0.2, 0) is 20.1 Å². The van der Waals surface area contributed by atoms with E-state index in [1.807, 2.05) is 25.4 Å². The van der Waals surface area contributed by atoms with Crippen molar-refractivity contribution in [3.05, 3.63) is 40.1 Å². The third-order valence-electron chi connectivity index (χ3n) is 3.05. The molecule has 0 saturated carbocycles. The normalized spacial score (nSPS) is 12.4. The Bertz CT molecular complexity index is 570. The van der Waals surface area contributed by atoms with Crippen LogP contribution in [-0.4, -0.2) is 21.0 Å². The van der Waals surface area contributed by atoms with E-state index in [-0.39, 0.29) is 6.04 Å². The largest absolute Gasteiger partial charge is 0.487 e. The molecule has 6 heteroatoms. The van der Waals surface area contributed by atoms with Gasteiger partial charge in [0.15, 0.2) is 0 Å². The summed E-state index contributed by atoms with van der Waals surface area (Å²) in [5.41, 5.74) is 7.95. The van der Waals surface area contributed by atoms with Gasteiger partial charge in [0.25, 0.3) is 0 Å². The topological polar surface area (TPSA) is 66.0 Å². The fraction of sp³-hybridized carbons (Fsp3) is 0.429.